The standard InChI is InChI=1S/C14H18FNO3/c1-10-3-4-11(9-12(10)15)14(2,13(17)18)16-5-7-19-8-6-16/h3-4,9H,5-8H2,1-2H3,(H,17,18). The van der Waals surface area contributed by atoms with Gasteiger partial charge >= 0.3 is 5.97 Å². The number of hydrogen-bond donors (Lipinski definition) is 1. The number of morpholine rings is 1. The summed E-state index contributed by atoms with van der Waals surface area (Å²) in [5.74, 6) is -1.35. The minimum Gasteiger partial charge on any atom is -0.480 e. The van der Waals surface area contributed by atoms with Crippen LogP contribution in [0.15, 0.2) is 18.2 Å². The number of rotatable bonds is 3. The molecule has 0 spiro atoms. The van der Waals surface area contributed by atoms with Crippen molar-refractivity contribution in [2.24, 2.45) is 0 Å². The van der Waals surface area contributed by atoms with E-state index in [-0.39, 0.29) is 5.82 Å². The Hall–Kier alpha value is -1.46. The zero-order chi connectivity index (χ0) is 14.0. The summed E-state index contributed by atoms with van der Waals surface area (Å²) in [5.41, 5.74) is -0.248. The SMILES string of the molecule is Cc1ccc(C(C)(C(=O)O)N2CCOCC2)cc1F. The summed E-state index contributed by atoms with van der Waals surface area (Å²) in [6.07, 6.45) is 0. The molecule has 2 rings (SSSR count). The van der Waals surface area contributed by atoms with E-state index in [9.17, 15) is 14.3 Å². The Morgan fingerprint density at radius 1 is 1.42 bits per heavy atom. The maximum absolute atomic E-state index is 13.7. The Bertz CT molecular complexity index is 486. The van der Waals surface area contributed by atoms with E-state index in [1.165, 1.54) is 6.07 Å². The van der Waals surface area contributed by atoms with Gasteiger partial charge in [-0.15, -0.1) is 0 Å². The number of carbonyl (C=O) groups is 1. The molecular formula is C14H18FNO3. The Morgan fingerprint density at radius 3 is 2.58 bits per heavy atom. The third-order valence-corrected chi connectivity index (χ3v) is 3.79. The highest BCUT2D eigenvalue weighted by Gasteiger charge is 2.42. The normalized spacial score (nSPS) is 19.9. The first-order valence-electron chi connectivity index (χ1n) is 6.29. The van der Waals surface area contributed by atoms with Crippen molar-refractivity contribution in [3.8, 4) is 0 Å². The van der Waals surface area contributed by atoms with Gasteiger partial charge in [-0.05, 0) is 31.0 Å². The molecular weight excluding hydrogens is 249 g/mol. The number of carboxylic acids is 1. The highest BCUT2D eigenvalue weighted by atomic mass is 19.1. The van der Waals surface area contributed by atoms with Gasteiger partial charge in [0.1, 0.15) is 11.4 Å². The highest BCUT2D eigenvalue weighted by molar-refractivity contribution is 5.80. The summed E-state index contributed by atoms with van der Waals surface area (Å²) >= 11 is 0. The third-order valence-electron chi connectivity index (χ3n) is 3.79. The number of aryl methyl sites for hydroxylation is 1. The second-order valence-electron chi connectivity index (χ2n) is 4.94. The van der Waals surface area contributed by atoms with Gasteiger partial charge in [0, 0.05) is 13.1 Å². The van der Waals surface area contributed by atoms with Crippen LogP contribution in [0.5, 0.6) is 0 Å². The topological polar surface area (TPSA) is 49.8 Å². The predicted molar refractivity (Wildman–Crippen MR) is 68.5 cm³/mol. The number of ether oxygens (including phenoxy) is 1. The van der Waals surface area contributed by atoms with Gasteiger partial charge in [0.15, 0.2) is 0 Å². The third kappa shape index (κ3) is 2.48. The van der Waals surface area contributed by atoms with E-state index in [2.05, 4.69) is 0 Å². The van der Waals surface area contributed by atoms with Gasteiger partial charge in [0.25, 0.3) is 0 Å². The second-order valence-corrected chi connectivity index (χ2v) is 4.94. The van der Waals surface area contributed by atoms with E-state index < -0.39 is 11.5 Å². The van der Waals surface area contributed by atoms with Crippen LogP contribution in [0, 0.1) is 12.7 Å². The van der Waals surface area contributed by atoms with Crippen molar-refractivity contribution in [1.82, 2.24) is 4.90 Å². The van der Waals surface area contributed by atoms with Gasteiger partial charge in [-0.1, -0.05) is 12.1 Å². The minimum atomic E-state index is -1.22. The van der Waals surface area contributed by atoms with Crippen LogP contribution in [0.3, 0.4) is 0 Å². The average Bonchev–Trinajstić information content (AvgIpc) is 2.41. The molecule has 19 heavy (non-hydrogen) atoms. The lowest BCUT2D eigenvalue weighted by Gasteiger charge is -2.40. The summed E-state index contributed by atoms with van der Waals surface area (Å²) in [6.45, 7) is 5.32. The zero-order valence-electron chi connectivity index (χ0n) is 11.1. The van der Waals surface area contributed by atoms with Crippen molar-refractivity contribution in [2.45, 2.75) is 19.4 Å². The van der Waals surface area contributed by atoms with Crippen molar-refractivity contribution in [3.63, 3.8) is 0 Å². The Labute approximate surface area is 111 Å². The van der Waals surface area contributed by atoms with Crippen molar-refractivity contribution in [2.75, 3.05) is 26.3 Å². The monoisotopic (exact) mass is 267 g/mol. The number of hydrogen-bond acceptors (Lipinski definition) is 3. The molecule has 1 aliphatic heterocycles. The van der Waals surface area contributed by atoms with Crippen LogP contribution in [0.2, 0.25) is 0 Å². The lowest BCUT2D eigenvalue weighted by atomic mass is 9.89. The molecule has 4 nitrogen and oxygen atoms in total. The number of carboxylic acid groups (broad SMARTS) is 1. The number of halogens is 1. The van der Waals surface area contributed by atoms with E-state index in [4.69, 9.17) is 4.74 Å². The van der Waals surface area contributed by atoms with Gasteiger partial charge in [-0.25, -0.2) is 9.18 Å². The van der Waals surface area contributed by atoms with E-state index in [1.54, 1.807) is 26.0 Å². The van der Waals surface area contributed by atoms with E-state index in [0.29, 0.717) is 37.4 Å². The molecule has 1 fully saturated rings. The molecule has 0 amide bonds. The lowest BCUT2D eigenvalue weighted by molar-refractivity contribution is -0.154. The maximum atomic E-state index is 13.7. The molecule has 0 radical (unpaired) electrons. The van der Waals surface area contributed by atoms with Crippen LogP contribution < -0.4 is 0 Å². The van der Waals surface area contributed by atoms with Crippen molar-refractivity contribution in [3.05, 3.63) is 35.1 Å². The van der Waals surface area contributed by atoms with E-state index >= 15 is 0 Å². The largest absolute Gasteiger partial charge is 0.480 e. The van der Waals surface area contributed by atoms with Gasteiger partial charge in [-0.3, -0.25) is 4.90 Å². The van der Waals surface area contributed by atoms with Crippen LogP contribution >= 0.6 is 0 Å². The molecule has 1 unspecified atom stereocenters. The molecule has 5 heteroatoms. The van der Waals surface area contributed by atoms with Gasteiger partial charge in [0.2, 0.25) is 0 Å². The molecule has 1 heterocycles. The first kappa shape index (κ1) is 14.0. The Balaban J connectivity index is 2.42. The van der Waals surface area contributed by atoms with Crippen LogP contribution in [-0.2, 0) is 15.1 Å². The summed E-state index contributed by atoms with van der Waals surface area (Å²) < 4.78 is 18.9. The fourth-order valence-electron chi connectivity index (χ4n) is 2.35. The van der Waals surface area contributed by atoms with Crippen molar-refractivity contribution in [1.29, 1.82) is 0 Å². The summed E-state index contributed by atoms with van der Waals surface area (Å²) in [6, 6.07) is 4.62. The molecule has 1 saturated heterocycles. The zero-order valence-corrected chi connectivity index (χ0v) is 11.1. The molecule has 0 aromatic heterocycles. The fourth-order valence-corrected chi connectivity index (χ4v) is 2.35. The lowest BCUT2D eigenvalue weighted by Crippen LogP contribution is -2.54. The average molecular weight is 267 g/mol. The molecule has 0 saturated carbocycles. The van der Waals surface area contributed by atoms with Gasteiger partial charge in [-0.2, -0.15) is 0 Å². The van der Waals surface area contributed by atoms with Crippen LogP contribution in [0.25, 0.3) is 0 Å². The summed E-state index contributed by atoms with van der Waals surface area (Å²) in [4.78, 5) is 13.5. The maximum Gasteiger partial charge on any atom is 0.328 e. The summed E-state index contributed by atoms with van der Waals surface area (Å²) in [5, 5.41) is 9.59. The molecule has 1 N–H and O–H groups in total. The first-order valence-corrected chi connectivity index (χ1v) is 6.29. The van der Waals surface area contributed by atoms with E-state index in [1.807, 2.05) is 4.90 Å². The summed E-state index contributed by atoms with van der Waals surface area (Å²) in [7, 11) is 0. The Morgan fingerprint density at radius 2 is 2.05 bits per heavy atom. The van der Waals surface area contributed by atoms with Crippen LogP contribution in [0.4, 0.5) is 4.39 Å². The molecule has 1 aliphatic rings. The van der Waals surface area contributed by atoms with Gasteiger partial charge in [0.05, 0.1) is 13.2 Å². The molecule has 104 valence electrons. The second kappa shape index (κ2) is 5.27. The Kier molecular flexibility index (Phi) is 3.87. The van der Waals surface area contributed by atoms with Crippen LogP contribution in [0.1, 0.15) is 18.1 Å². The number of benzene rings is 1. The molecule has 0 bridgehead atoms. The molecule has 1 aromatic carbocycles. The van der Waals surface area contributed by atoms with Crippen molar-refractivity contribution < 1.29 is 19.0 Å². The minimum absolute atomic E-state index is 0.377. The highest BCUT2D eigenvalue weighted by Crippen LogP contribution is 2.30. The van der Waals surface area contributed by atoms with Crippen LogP contribution in [-0.4, -0.2) is 42.3 Å². The van der Waals surface area contributed by atoms with Gasteiger partial charge < -0.3 is 9.84 Å². The van der Waals surface area contributed by atoms with Crippen molar-refractivity contribution >= 4 is 5.97 Å². The smallest absolute Gasteiger partial charge is 0.328 e. The van der Waals surface area contributed by atoms with E-state index in [0.717, 1.165) is 0 Å². The number of nitrogens with zero attached hydrogens (tertiary/aromatic N) is 1. The molecule has 0 aliphatic carbocycles. The predicted octanol–water partition coefficient (Wildman–Crippen LogP) is 1.77. The fraction of sp³-hybridized carbons (Fsp3) is 0.500. The molecule has 1 aromatic rings. The quantitative estimate of drug-likeness (QED) is 0.906. The number of aliphatic carboxylic acids is 1. The first-order chi connectivity index (χ1) is 8.96. The molecule has 1 atom stereocenters.